The van der Waals surface area contributed by atoms with Crippen molar-refractivity contribution in [2.45, 2.75) is 13.3 Å². The zero-order valence-corrected chi connectivity index (χ0v) is 12.1. The number of halogens is 1. The Hall–Kier alpha value is -1.53. The van der Waals surface area contributed by atoms with Gasteiger partial charge in [-0.3, -0.25) is 0 Å². The van der Waals surface area contributed by atoms with Gasteiger partial charge in [0.15, 0.2) is 11.5 Å². The van der Waals surface area contributed by atoms with Crippen molar-refractivity contribution in [1.29, 1.82) is 0 Å². The lowest BCUT2D eigenvalue weighted by Gasteiger charge is -2.05. The number of aromatic amines is 1. The maximum atomic E-state index is 5.55. The molecule has 0 fully saturated rings. The predicted octanol–water partition coefficient (Wildman–Crippen LogP) is 2.38. The second-order valence-electron chi connectivity index (χ2n) is 4.41. The quantitative estimate of drug-likeness (QED) is 0.909. The number of imidazole rings is 1. The van der Waals surface area contributed by atoms with Crippen LogP contribution < -0.4 is 15.2 Å². The predicted molar refractivity (Wildman–Crippen MR) is 75.3 cm³/mol. The van der Waals surface area contributed by atoms with Gasteiger partial charge in [0.25, 0.3) is 0 Å². The summed E-state index contributed by atoms with van der Waals surface area (Å²) in [4.78, 5) is 7.77. The number of aromatic nitrogens is 2. The number of hydrogen-bond acceptors (Lipinski definition) is 4. The molecule has 0 aliphatic carbocycles. The number of hydrogen-bond donors (Lipinski definition) is 2. The number of benzene rings is 1. The Labute approximate surface area is 119 Å². The molecule has 5 nitrogen and oxygen atoms in total. The van der Waals surface area contributed by atoms with Crippen molar-refractivity contribution in [2.24, 2.45) is 5.73 Å². The molecule has 0 saturated heterocycles. The second-order valence-corrected chi connectivity index (χ2v) is 5.20. The summed E-state index contributed by atoms with van der Waals surface area (Å²) in [5, 5.41) is 0. The maximum absolute atomic E-state index is 5.55. The number of nitrogens with one attached hydrogen (secondary N) is 1. The molecule has 0 radical (unpaired) electrons. The Balaban J connectivity index is 2.06. The van der Waals surface area contributed by atoms with E-state index in [1.807, 2.05) is 19.1 Å². The van der Waals surface area contributed by atoms with Gasteiger partial charge < -0.3 is 20.2 Å². The number of nitrogens with two attached hydrogens (primary N) is 1. The highest BCUT2D eigenvalue weighted by molar-refractivity contribution is 9.10. The minimum absolute atomic E-state index is 0.276. The first-order valence-electron chi connectivity index (χ1n) is 6.04. The Morgan fingerprint density at radius 2 is 2.11 bits per heavy atom. The van der Waals surface area contributed by atoms with E-state index in [0.29, 0.717) is 6.54 Å². The van der Waals surface area contributed by atoms with Crippen LogP contribution in [-0.4, -0.2) is 23.3 Å². The molecule has 0 unspecified atom stereocenters. The highest BCUT2D eigenvalue weighted by Crippen LogP contribution is 2.39. The summed E-state index contributed by atoms with van der Waals surface area (Å²) >= 11 is 3.51. The molecule has 1 aliphatic rings. The summed E-state index contributed by atoms with van der Waals surface area (Å²) in [6, 6.07) is 3.94. The Morgan fingerprint density at radius 1 is 1.37 bits per heavy atom. The van der Waals surface area contributed by atoms with Gasteiger partial charge >= 0.3 is 0 Å². The third-order valence-corrected chi connectivity index (χ3v) is 3.64. The minimum atomic E-state index is 0.276. The van der Waals surface area contributed by atoms with Gasteiger partial charge in [0.2, 0.25) is 6.79 Å². The normalized spacial score (nSPS) is 13.0. The van der Waals surface area contributed by atoms with E-state index in [0.717, 1.165) is 45.2 Å². The summed E-state index contributed by atoms with van der Waals surface area (Å²) in [5.74, 6) is 2.42. The van der Waals surface area contributed by atoms with Crippen molar-refractivity contribution in [3.63, 3.8) is 0 Å². The second kappa shape index (κ2) is 4.86. The summed E-state index contributed by atoms with van der Waals surface area (Å²) in [6.45, 7) is 2.87. The van der Waals surface area contributed by atoms with Gasteiger partial charge in [-0.2, -0.15) is 0 Å². The van der Waals surface area contributed by atoms with E-state index < -0.39 is 0 Å². The van der Waals surface area contributed by atoms with Crippen LogP contribution in [0.25, 0.3) is 11.3 Å². The summed E-state index contributed by atoms with van der Waals surface area (Å²) < 4.78 is 11.6. The zero-order valence-electron chi connectivity index (χ0n) is 10.5. The Kier molecular flexibility index (Phi) is 3.20. The van der Waals surface area contributed by atoms with Crippen molar-refractivity contribution >= 4 is 15.9 Å². The lowest BCUT2D eigenvalue weighted by molar-refractivity contribution is 0.174. The molecule has 1 aromatic heterocycles. The summed E-state index contributed by atoms with van der Waals surface area (Å²) in [6.07, 6.45) is 0.724. The van der Waals surface area contributed by atoms with E-state index in [1.54, 1.807) is 0 Å². The molecule has 0 bridgehead atoms. The lowest BCUT2D eigenvalue weighted by atomic mass is 10.1. The highest BCUT2D eigenvalue weighted by atomic mass is 79.9. The third kappa shape index (κ3) is 2.21. The van der Waals surface area contributed by atoms with Crippen molar-refractivity contribution in [3.05, 3.63) is 28.1 Å². The van der Waals surface area contributed by atoms with E-state index >= 15 is 0 Å². The van der Waals surface area contributed by atoms with Crippen LogP contribution in [-0.2, 0) is 6.42 Å². The van der Waals surface area contributed by atoms with Gasteiger partial charge in [-0.05, 0) is 47.1 Å². The van der Waals surface area contributed by atoms with E-state index in [1.165, 1.54) is 0 Å². The van der Waals surface area contributed by atoms with Crippen LogP contribution in [0.15, 0.2) is 16.7 Å². The first-order valence-corrected chi connectivity index (χ1v) is 6.83. The van der Waals surface area contributed by atoms with Crippen molar-refractivity contribution in [2.75, 3.05) is 13.3 Å². The Morgan fingerprint density at radius 3 is 2.84 bits per heavy atom. The highest BCUT2D eigenvalue weighted by Gasteiger charge is 2.19. The Bertz CT molecular complexity index is 625. The average Bonchev–Trinajstić information content (AvgIpc) is 2.95. The molecule has 6 heteroatoms. The molecule has 3 N–H and O–H groups in total. The maximum Gasteiger partial charge on any atom is 0.231 e. The number of nitrogens with zero attached hydrogens (tertiary/aromatic N) is 1. The molecule has 2 heterocycles. The molecule has 0 spiro atoms. The van der Waals surface area contributed by atoms with Crippen LogP contribution in [0, 0.1) is 6.92 Å². The molecular weight excluding hydrogens is 310 g/mol. The molecule has 19 heavy (non-hydrogen) atoms. The monoisotopic (exact) mass is 323 g/mol. The van der Waals surface area contributed by atoms with Crippen LogP contribution in [0.2, 0.25) is 0 Å². The average molecular weight is 324 g/mol. The molecule has 2 aromatic rings. The van der Waals surface area contributed by atoms with Crippen LogP contribution in [0.5, 0.6) is 11.5 Å². The first-order chi connectivity index (χ1) is 9.19. The molecule has 0 atom stereocenters. The first kappa shape index (κ1) is 12.5. The molecular formula is C13H14BrN3O2. The number of aryl methyl sites for hydroxylation is 1. The van der Waals surface area contributed by atoms with E-state index in [2.05, 4.69) is 25.9 Å². The van der Waals surface area contributed by atoms with Crippen LogP contribution >= 0.6 is 15.9 Å². The molecule has 1 aromatic carbocycles. The summed E-state index contributed by atoms with van der Waals surface area (Å²) in [5.41, 5.74) is 8.54. The number of H-pyrrole nitrogens is 1. The van der Waals surface area contributed by atoms with E-state index in [4.69, 9.17) is 15.2 Å². The van der Waals surface area contributed by atoms with Crippen LogP contribution in [0.4, 0.5) is 0 Å². The van der Waals surface area contributed by atoms with E-state index in [-0.39, 0.29) is 6.79 Å². The largest absolute Gasteiger partial charge is 0.454 e. The van der Waals surface area contributed by atoms with Gasteiger partial charge in [0, 0.05) is 12.0 Å². The fourth-order valence-corrected chi connectivity index (χ4v) is 2.66. The van der Waals surface area contributed by atoms with Gasteiger partial charge in [-0.15, -0.1) is 0 Å². The van der Waals surface area contributed by atoms with Gasteiger partial charge in [0.1, 0.15) is 16.1 Å². The van der Waals surface area contributed by atoms with E-state index in [9.17, 15) is 0 Å². The van der Waals surface area contributed by atoms with Gasteiger partial charge in [0.05, 0.1) is 0 Å². The van der Waals surface area contributed by atoms with Crippen molar-refractivity contribution < 1.29 is 9.47 Å². The fraction of sp³-hybridized carbons (Fsp3) is 0.308. The zero-order chi connectivity index (χ0) is 13.4. The van der Waals surface area contributed by atoms with Crippen LogP contribution in [0.1, 0.15) is 11.4 Å². The third-order valence-electron chi connectivity index (χ3n) is 3.06. The van der Waals surface area contributed by atoms with Crippen molar-refractivity contribution in [3.8, 4) is 22.8 Å². The topological polar surface area (TPSA) is 73.2 Å². The molecule has 0 amide bonds. The van der Waals surface area contributed by atoms with Gasteiger partial charge in [-0.1, -0.05) is 0 Å². The standard InChI is InChI=1S/C13H14BrN3O2/c1-7-4-9-10(19-6-18-9)5-8(7)12-13(14)17-11(16-12)2-3-15/h4-5H,2-3,6,15H2,1H3,(H,16,17). The molecule has 0 saturated carbocycles. The minimum Gasteiger partial charge on any atom is -0.454 e. The smallest absolute Gasteiger partial charge is 0.231 e. The number of rotatable bonds is 3. The molecule has 100 valence electrons. The molecule has 1 aliphatic heterocycles. The molecule has 3 rings (SSSR count). The van der Waals surface area contributed by atoms with Gasteiger partial charge in [-0.25, -0.2) is 4.98 Å². The number of ether oxygens (including phenoxy) is 2. The lowest BCUT2D eigenvalue weighted by Crippen LogP contribution is -2.03. The summed E-state index contributed by atoms with van der Waals surface area (Å²) in [7, 11) is 0. The SMILES string of the molecule is Cc1cc2c(cc1-c1nc(CCN)[nH]c1Br)OCO2. The van der Waals surface area contributed by atoms with Crippen LogP contribution in [0.3, 0.4) is 0 Å². The van der Waals surface area contributed by atoms with Crippen molar-refractivity contribution in [1.82, 2.24) is 9.97 Å². The number of fused-ring (bicyclic) bond motifs is 1. The fourth-order valence-electron chi connectivity index (χ4n) is 2.13.